The van der Waals surface area contributed by atoms with Gasteiger partial charge in [-0.1, -0.05) is 37.5 Å². The minimum atomic E-state index is -0.795. The number of fused-ring (bicyclic) bond motifs is 1. The van der Waals surface area contributed by atoms with E-state index in [0.29, 0.717) is 13.0 Å². The molecule has 106 valence electrons. The maximum atomic E-state index is 10.9. The Hall–Kier alpha value is -1.53. The number of benzene rings is 1. The summed E-state index contributed by atoms with van der Waals surface area (Å²) >= 11 is 0. The molecule has 0 aromatic heterocycles. The predicted molar refractivity (Wildman–Crippen MR) is 76.4 cm³/mol. The lowest BCUT2D eigenvalue weighted by atomic mass is 9.66. The van der Waals surface area contributed by atoms with Crippen molar-refractivity contribution in [1.29, 1.82) is 5.26 Å². The molecule has 3 nitrogen and oxygen atoms in total. The molecule has 2 atom stereocenters. The summed E-state index contributed by atoms with van der Waals surface area (Å²) in [5.74, 6) is 1.00. The van der Waals surface area contributed by atoms with Crippen molar-refractivity contribution < 1.29 is 9.84 Å². The molecule has 1 fully saturated rings. The van der Waals surface area contributed by atoms with Crippen LogP contribution in [0.1, 0.15) is 44.1 Å². The van der Waals surface area contributed by atoms with E-state index >= 15 is 0 Å². The number of aliphatic hydroxyl groups excluding tert-OH is 1. The van der Waals surface area contributed by atoms with Crippen molar-refractivity contribution in [2.45, 2.75) is 50.0 Å². The summed E-state index contributed by atoms with van der Waals surface area (Å²) in [6, 6.07) is 10.1. The Morgan fingerprint density at radius 1 is 1.25 bits per heavy atom. The van der Waals surface area contributed by atoms with Gasteiger partial charge in [0.15, 0.2) is 0 Å². The molecule has 2 aliphatic rings. The highest BCUT2D eigenvalue weighted by molar-refractivity contribution is 5.46. The van der Waals surface area contributed by atoms with Crippen LogP contribution in [0.15, 0.2) is 24.3 Å². The molecule has 1 aliphatic heterocycles. The van der Waals surface area contributed by atoms with Crippen molar-refractivity contribution in [1.82, 2.24) is 0 Å². The molecule has 1 N–H and O–H groups in total. The van der Waals surface area contributed by atoms with E-state index < -0.39 is 11.5 Å². The summed E-state index contributed by atoms with van der Waals surface area (Å²) in [7, 11) is 0. The number of hydrogen-bond donors (Lipinski definition) is 1. The summed E-state index contributed by atoms with van der Waals surface area (Å²) in [6.45, 7) is 0.508. The molecule has 1 heterocycles. The zero-order valence-electron chi connectivity index (χ0n) is 11.7. The number of para-hydroxylation sites is 1. The van der Waals surface area contributed by atoms with Gasteiger partial charge in [0.05, 0.1) is 18.8 Å². The summed E-state index contributed by atoms with van der Waals surface area (Å²) in [6.07, 6.45) is 5.66. The van der Waals surface area contributed by atoms with Crippen LogP contribution in [-0.2, 0) is 5.41 Å². The van der Waals surface area contributed by atoms with Crippen molar-refractivity contribution >= 4 is 0 Å². The summed E-state index contributed by atoms with van der Waals surface area (Å²) < 4.78 is 5.66. The Bertz CT molecular complexity index is 516. The van der Waals surface area contributed by atoms with Crippen molar-refractivity contribution in [2.24, 2.45) is 5.92 Å². The Kier molecular flexibility index (Phi) is 3.67. The highest BCUT2D eigenvalue weighted by atomic mass is 16.5. The minimum absolute atomic E-state index is 0.245. The Morgan fingerprint density at radius 2 is 2.00 bits per heavy atom. The molecule has 1 aliphatic carbocycles. The first-order valence-corrected chi connectivity index (χ1v) is 7.59. The fourth-order valence-electron chi connectivity index (χ4n) is 3.76. The van der Waals surface area contributed by atoms with Crippen LogP contribution < -0.4 is 4.74 Å². The van der Waals surface area contributed by atoms with Gasteiger partial charge in [-0.15, -0.1) is 0 Å². The molecule has 0 bridgehead atoms. The number of ether oxygens (including phenoxy) is 1. The Labute approximate surface area is 120 Å². The predicted octanol–water partition coefficient (Wildman–Crippen LogP) is 3.17. The fourth-order valence-corrected chi connectivity index (χ4v) is 3.76. The quantitative estimate of drug-likeness (QED) is 0.899. The minimum Gasteiger partial charge on any atom is -0.493 e. The lowest BCUT2D eigenvalue weighted by Crippen LogP contribution is -2.46. The van der Waals surface area contributed by atoms with Crippen molar-refractivity contribution in [3.05, 3.63) is 29.8 Å². The largest absolute Gasteiger partial charge is 0.493 e. The SMILES string of the molecule is N#CC1(C(O)C2CCCCC2)CCOc2ccccc21. The van der Waals surface area contributed by atoms with E-state index in [9.17, 15) is 10.4 Å². The van der Waals surface area contributed by atoms with E-state index in [0.717, 1.165) is 24.2 Å². The van der Waals surface area contributed by atoms with Crippen LogP contribution in [0.4, 0.5) is 0 Å². The molecule has 1 aromatic rings. The van der Waals surface area contributed by atoms with Gasteiger partial charge in [-0.3, -0.25) is 0 Å². The second kappa shape index (κ2) is 5.46. The third-order valence-corrected chi connectivity index (χ3v) is 4.92. The van der Waals surface area contributed by atoms with Crippen LogP contribution in [0.25, 0.3) is 0 Å². The number of aliphatic hydroxyl groups is 1. The number of rotatable bonds is 2. The first kappa shape index (κ1) is 13.5. The zero-order chi connectivity index (χ0) is 14.0. The summed E-state index contributed by atoms with van der Waals surface area (Å²) in [5, 5.41) is 20.7. The van der Waals surface area contributed by atoms with Crippen LogP contribution in [0, 0.1) is 17.2 Å². The number of nitrogens with zero attached hydrogens (tertiary/aromatic N) is 1. The van der Waals surface area contributed by atoms with Gasteiger partial charge in [0.1, 0.15) is 11.2 Å². The van der Waals surface area contributed by atoms with E-state index in [-0.39, 0.29) is 5.92 Å². The molecule has 0 spiro atoms. The molecular weight excluding hydrogens is 250 g/mol. The van der Waals surface area contributed by atoms with Gasteiger partial charge in [-0.25, -0.2) is 0 Å². The smallest absolute Gasteiger partial charge is 0.124 e. The molecular formula is C17H21NO2. The second-order valence-electron chi connectivity index (χ2n) is 6.02. The fraction of sp³-hybridized carbons (Fsp3) is 0.588. The standard InChI is InChI=1S/C17H21NO2/c18-12-17(16(19)13-6-2-1-3-7-13)10-11-20-15-9-5-4-8-14(15)17/h4-5,8-9,13,16,19H,1-3,6-7,10-11H2. The molecule has 20 heavy (non-hydrogen) atoms. The maximum absolute atomic E-state index is 10.9. The lowest BCUT2D eigenvalue weighted by Gasteiger charge is -2.41. The van der Waals surface area contributed by atoms with Crippen molar-refractivity contribution in [3.63, 3.8) is 0 Å². The maximum Gasteiger partial charge on any atom is 0.124 e. The van der Waals surface area contributed by atoms with Crippen molar-refractivity contribution in [3.8, 4) is 11.8 Å². The zero-order valence-corrected chi connectivity index (χ0v) is 11.7. The van der Waals surface area contributed by atoms with Gasteiger partial charge in [0.2, 0.25) is 0 Å². The van der Waals surface area contributed by atoms with Crippen LogP contribution >= 0.6 is 0 Å². The first-order chi connectivity index (χ1) is 9.78. The molecule has 0 radical (unpaired) electrons. The molecule has 0 saturated heterocycles. The molecule has 3 heteroatoms. The van der Waals surface area contributed by atoms with Gasteiger partial charge in [0.25, 0.3) is 0 Å². The topological polar surface area (TPSA) is 53.2 Å². The molecule has 0 amide bonds. The van der Waals surface area contributed by atoms with E-state index in [1.54, 1.807) is 0 Å². The average molecular weight is 271 g/mol. The first-order valence-electron chi connectivity index (χ1n) is 7.59. The monoisotopic (exact) mass is 271 g/mol. The van der Waals surface area contributed by atoms with Gasteiger partial charge >= 0.3 is 0 Å². The van der Waals surface area contributed by atoms with Gasteiger partial charge in [-0.05, 0) is 24.8 Å². The van der Waals surface area contributed by atoms with Gasteiger partial charge < -0.3 is 9.84 Å². The molecule has 2 unspecified atom stereocenters. The Morgan fingerprint density at radius 3 is 2.75 bits per heavy atom. The molecule has 1 aromatic carbocycles. The Balaban J connectivity index is 1.98. The van der Waals surface area contributed by atoms with E-state index in [1.165, 1.54) is 19.3 Å². The van der Waals surface area contributed by atoms with Crippen LogP contribution in [0.5, 0.6) is 5.75 Å². The van der Waals surface area contributed by atoms with E-state index in [2.05, 4.69) is 6.07 Å². The normalized spacial score (nSPS) is 28.0. The van der Waals surface area contributed by atoms with Gasteiger partial charge in [-0.2, -0.15) is 5.26 Å². The second-order valence-corrected chi connectivity index (χ2v) is 6.02. The molecule has 1 saturated carbocycles. The van der Waals surface area contributed by atoms with E-state index in [1.807, 2.05) is 24.3 Å². The number of hydrogen-bond acceptors (Lipinski definition) is 3. The van der Waals surface area contributed by atoms with E-state index in [4.69, 9.17) is 4.74 Å². The lowest BCUT2D eigenvalue weighted by molar-refractivity contribution is 0.0183. The molecule has 3 rings (SSSR count). The number of nitriles is 1. The van der Waals surface area contributed by atoms with Crippen LogP contribution in [0.3, 0.4) is 0 Å². The van der Waals surface area contributed by atoms with Crippen molar-refractivity contribution in [2.75, 3.05) is 6.61 Å². The van der Waals surface area contributed by atoms with Gasteiger partial charge in [0, 0.05) is 12.0 Å². The summed E-state index contributed by atoms with van der Waals surface area (Å²) in [4.78, 5) is 0. The van der Waals surface area contributed by atoms with Crippen LogP contribution in [-0.4, -0.2) is 17.8 Å². The average Bonchev–Trinajstić information content (AvgIpc) is 2.54. The third kappa shape index (κ3) is 2.09. The third-order valence-electron chi connectivity index (χ3n) is 4.92. The highest BCUT2D eigenvalue weighted by Gasteiger charge is 2.47. The summed E-state index contributed by atoms with van der Waals surface area (Å²) in [5.41, 5.74) is 0.0726. The van der Waals surface area contributed by atoms with Crippen LogP contribution in [0.2, 0.25) is 0 Å². The highest BCUT2D eigenvalue weighted by Crippen LogP contribution is 2.45.